The quantitative estimate of drug-likeness (QED) is 0.354. The maximum atomic E-state index is 14.0. The average molecular weight is 524 g/mol. The third-order valence-corrected chi connectivity index (χ3v) is 9.09. The van der Waals surface area contributed by atoms with Gasteiger partial charge in [0.2, 0.25) is 0 Å². The number of nitrogens with two attached hydrogens (primary N) is 1. The number of fused-ring (bicyclic) bond motifs is 3. The smallest absolute Gasteiger partial charge is 0.310 e. The molecule has 3 aliphatic rings. The van der Waals surface area contributed by atoms with Crippen molar-refractivity contribution in [3.8, 4) is 11.3 Å². The number of rotatable bonds is 4. The zero-order valence-corrected chi connectivity index (χ0v) is 22.0. The van der Waals surface area contributed by atoms with E-state index < -0.39 is 52.7 Å². The lowest BCUT2D eigenvalue weighted by Crippen LogP contribution is -2.64. The Kier molecular flexibility index (Phi) is 6.36. The van der Waals surface area contributed by atoms with Gasteiger partial charge in [-0.1, -0.05) is 26.0 Å². The molecular weight excluding hydrogens is 490 g/mol. The SMILES string of the molecule is COC(=O)[C@@H]1C[C@H](OC(C)=O)C(=O)[C@H]2[C@@]1(C)CC[C@H]1C(=O)O[C@H](c3ccoc3-c3cccc(N)c3)C[C@]21C. The Morgan fingerprint density at radius 2 is 1.89 bits per heavy atom. The van der Waals surface area contributed by atoms with E-state index in [-0.39, 0.29) is 18.2 Å². The molecule has 1 saturated heterocycles. The van der Waals surface area contributed by atoms with Crippen molar-refractivity contribution in [2.24, 2.45) is 28.6 Å². The molecule has 202 valence electrons. The zero-order chi connectivity index (χ0) is 27.4. The largest absolute Gasteiger partial charge is 0.469 e. The van der Waals surface area contributed by atoms with Crippen molar-refractivity contribution in [1.29, 1.82) is 0 Å². The van der Waals surface area contributed by atoms with Gasteiger partial charge in [-0.05, 0) is 48.3 Å². The number of hydrogen-bond acceptors (Lipinski definition) is 9. The predicted molar refractivity (Wildman–Crippen MR) is 135 cm³/mol. The van der Waals surface area contributed by atoms with Gasteiger partial charge >= 0.3 is 17.9 Å². The molecule has 2 aliphatic carbocycles. The summed E-state index contributed by atoms with van der Waals surface area (Å²) in [6, 6.07) is 9.00. The van der Waals surface area contributed by atoms with Crippen molar-refractivity contribution in [3.05, 3.63) is 42.2 Å². The number of nitrogen functional groups attached to an aromatic ring is 1. The molecule has 1 aromatic carbocycles. The molecule has 9 heteroatoms. The first-order chi connectivity index (χ1) is 18.0. The van der Waals surface area contributed by atoms with Crippen LogP contribution in [0.5, 0.6) is 0 Å². The number of ketones is 1. The second kappa shape index (κ2) is 9.29. The van der Waals surface area contributed by atoms with Gasteiger partial charge in [0.05, 0.1) is 25.2 Å². The van der Waals surface area contributed by atoms with E-state index in [9.17, 15) is 19.2 Å². The van der Waals surface area contributed by atoms with Crippen LogP contribution in [0.15, 0.2) is 41.0 Å². The van der Waals surface area contributed by atoms with Crippen molar-refractivity contribution in [2.75, 3.05) is 12.8 Å². The van der Waals surface area contributed by atoms with E-state index in [1.54, 1.807) is 18.2 Å². The van der Waals surface area contributed by atoms with Crippen LogP contribution in [0.25, 0.3) is 11.3 Å². The third kappa shape index (κ3) is 3.99. The summed E-state index contributed by atoms with van der Waals surface area (Å²) in [6.45, 7) is 5.09. The fourth-order valence-electron chi connectivity index (χ4n) is 7.48. The molecule has 0 unspecified atom stereocenters. The Balaban J connectivity index is 1.58. The Bertz CT molecular complexity index is 1300. The van der Waals surface area contributed by atoms with Gasteiger partial charge in [-0.3, -0.25) is 19.2 Å². The number of hydrogen-bond donors (Lipinski definition) is 1. The van der Waals surface area contributed by atoms with Crippen molar-refractivity contribution in [2.45, 2.75) is 58.7 Å². The van der Waals surface area contributed by atoms with Gasteiger partial charge in [-0.25, -0.2) is 0 Å². The highest BCUT2D eigenvalue weighted by Crippen LogP contribution is 2.65. The molecule has 2 N–H and O–H groups in total. The van der Waals surface area contributed by atoms with Crippen LogP contribution in [0.3, 0.4) is 0 Å². The Morgan fingerprint density at radius 3 is 2.58 bits per heavy atom. The summed E-state index contributed by atoms with van der Waals surface area (Å²) in [5.74, 6) is -3.08. The minimum Gasteiger partial charge on any atom is -0.469 e. The highest BCUT2D eigenvalue weighted by Gasteiger charge is 2.67. The molecule has 0 bridgehead atoms. The molecular formula is C29H33NO8. The first-order valence-electron chi connectivity index (χ1n) is 12.9. The maximum Gasteiger partial charge on any atom is 0.310 e. The normalized spacial score (nSPS) is 34.5. The summed E-state index contributed by atoms with van der Waals surface area (Å²) in [7, 11) is 1.32. The molecule has 2 saturated carbocycles. The van der Waals surface area contributed by atoms with Crippen LogP contribution in [0.1, 0.15) is 58.1 Å². The summed E-state index contributed by atoms with van der Waals surface area (Å²) in [6.07, 6.45) is 1.12. The standard InChI is InChI=1S/C29H33NO8/c1-15(31)37-21-13-20(26(33)35-4)28(2)10-8-19-27(34)38-22(14-29(19,3)25(28)23(21)32)18-9-11-36-24(18)16-6-5-7-17(30)12-16/h5-7,9,11-12,19-22,25H,8,10,13-14,30H2,1-4H3/t19-,20-,21-,22-,25-,28-,29-/m0/s1. The number of cyclic esters (lactones) is 1. The second-order valence-electron chi connectivity index (χ2n) is 11.3. The van der Waals surface area contributed by atoms with Crippen molar-refractivity contribution >= 4 is 29.4 Å². The molecule has 2 heterocycles. The monoisotopic (exact) mass is 523 g/mol. The van der Waals surface area contributed by atoms with Crippen LogP contribution in [0, 0.1) is 28.6 Å². The average Bonchev–Trinajstić information content (AvgIpc) is 3.34. The van der Waals surface area contributed by atoms with Crippen LogP contribution < -0.4 is 5.73 Å². The number of furan rings is 1. The van der Waals surface area contributed by atoms with Crippen molar-refractivity contribution in [1.82, 2.24) is 0 Å². The summed E-state index contributed by atoms with van der Waals surface area (Å²) in [4.78, 5) is 52.4. The fraction of sp³-hybridized carbons (Fsp3) is 0.517. The Hall–Kier alpha value is -3.62. The summed E-state index contributed by atoms with van der Waals surface area (Å²) in [5.41, 5.74) is 6.34. The van der Waals surface area contributed by atoms with Gasteiger partial charge in [-0.2, -0.15) is 0 Å². The number of carbonyl (C=O) groups excluding carboxylic acids is 4. The molecule has 0 amide bonds. The number of Topliss-reactive ketones (excluding diaryl/α,β-unsaturated/α-hetero) is 1. The van der Waals surface area contributed by atoms with Gasteiger partial charge in [0.25, 0.3) is 0 Å². The molecule has 5 rings (SSSR count). The van der Waals surface area contributed by atoms with E-state index in [0.717, 1.165) is 5.56 Å². The topological polar surface area (TPSA) is 135 Å². The lowest BCUT2D eigenvalue weighted by molar-refractivity contribution is -0.210. The van der Waals surface area contributed by atoms with Gasteiger partial charge in [0.15, 0.2) is 11.9 Å². The number of ether oxygens (including phenoxy) is 3. The Morgan fingerprint density at radius 1 is 1.13 bits per heavy atom. The van der Waals surface area contributed by atoms with Gasteiger partial charge < -0.3 is 24.4 Å². The van der Waals surface area contributed by atoms with Crippen LogP contribution in [-0.4, -0.2) is 36.9 Å². The highest BCUT2D eigenvalue weighted by atomic mass is 16.6. The zero-order valence-electron chi connectivity index (χ0n) is 22.0. The lowest BCUT2D eigenvalue weighted by Gasteiger charge is -2.61. The minimum absolute atomic E-state index is 0.0635. The molecule has 0 spiro atoms. The number of esters is 3. The number of methoxy groups -OCH3 is 1. The fourth-order valence-corrected chi connectivity index (χ4v) is 7.48. The Labute approximate surface area is 221 Å². The first-order valence-corrected chi connectivity index (χ1v) is 12.9. The van der Waals surface area contributed by atoms with Crippen molar-refractivity contribution in [3.63, 3.8) is 0 Å². The molecule has 9 nitrogen and oxygen atoms in total. The molecule has 1 aromatic heterocycles. The number of benzene rings is 1. The molecule has 38 heavy (non-hydrogen) atoms. The van der Waals surface area contributed by atoms with E-state index in [2.05, 4.69) is 0 Å². The highest BCUT2D eigenvalue weighted by molar-refractivity contribution is 5.93. The van der Waals surface area contributed by atoms with E-state index in [0.29, 0.717) is 36.3 Å². The second-order valence-corrected chi connectivity index (χ2v) is 11.3. The summed E-state index contributed by atoms with van der Waals surface area (Å²) < 4.78 is 22.3. The van der Waals surface area contributed by atoms with Gasteiger partial charge in [-0.15, -0.1) is 0 Å². The van der Waals surface area contributed by atoms with Crippen LogP contribution in [0.4, 0.5) is 5.69 Å². The van der Waals surface area contributed by atoms with Crippen LogP contribution >= 0.6 is 0 Å². The van der Waals surface area contributed by atoms with E-state index >= 15 is 0 Å². The molecule has 3 fully saturated rings. The maximum absolute atomic E-state index is 14.0. The minimum atomic E-state index is -1.08. The van der Waals surface area contributed by atoms with E-state index in [1.165, 1.54) is 20.3 Å². The van der Waals surface area contributed by atoms with Crippen LogP contribution in [-0.2, 0) is 33.4 Å². The summed E-state index contributed by atoms with van der Waals surface area (Å²) in [5, 5.41) is 0. The molecule has 1 aliphatic heterocycles. The number of anilines is 1. The molecule has 2 aromatic rings. The lowest BCUT2D eigenvalue weighted by atomic mass is 9.43. The summed E-state index contributed by atoms with van der Waals surface area (Å²) >= 11 is 0. The van der Waals surface area contributed by atoms with Gasteiger partial charge in [0, 0.05) is 36.1 Å². The number of carbonyl (C=O) groups is 4. The first kappa shape index (κ1) is 26.0. The van der Waals surface area contributed by atoms with Crippen molar-refractivity contribution < 1.29 is 37.8 Å². The van der Waals surface area contributed by atoms with Gasteiger partial charge in [0.1, 0.15) is 11.9 Å². The molecule has 7 atom stereocenters. The van der Waals surface area contributed by atoms with E-state index in [1.807, 2.05) is 26.0 Å². The van der Waals surface area contributed by atoms with Crippen LogP contribution in [0.2, 0.25) is 0 Å². The molecule has 0 radical (unpaired) electrons. The predicted octanol–water partition coefficient (Wildman–Crippen LogP) is 4.25. The third-order valence-electron chi connectivity index (χ3n) is 9.09. The van der Waals surface area contributed by atoms with E-state index in [4.69, 9.17) is 24.4 Å².